The van der Waals surface area contributed by atoms with Gasteiger partial charge in [0.25, 0.3) is 5.91 Å². The molecule has 1 aliphatic rings. The molecule has 1 heterocycles. The summed E-state index contributed by atoms with van der Waals surface area (Å²) in [5, 5.41) is 2.60. The zero-order valence-corrected chi connectivity index (χ0v) is 22.9. The quantitative estimate of drug-likeness (QED) is 0.372. The van der Waals surface area contributed by atoms with Crippen molar-refractivity contribution in [2.75, 3.05) is 31.0 Å². The molecule has 0 bridgehead atoms. The van der Waals surface area contributed by atoms with Gasteiger partial charge in [-0.05, 0) is 72.6 Å². The minimum Gasteiger partial charge on any atom is -0.493 e. The molecule has 0 aromatic heterocycles. The Hall–Kier alpha value is -4.29. The van der Waals surface area contributed by atoms with E-state index in [1.165, 1.54) is 45.4 Å². The molecule has 3 amide bonds. The van der Waals surface area contributed by atoms with Gasteiger partial charge in [-0.25, -0.2) is 17.7 Å². The van der Waals surface area contributed by atoms with Crippen LogP contribution in [-0.4, -0.2) is 57.3 Å². The number of halogens is 1. The van der Waals surface area contributed by atoms with Gasteiger partial charge in [-0.1, -0.05) is 6.07 Å². The number of hydrogen-bond acceptors (Lipinski definition) is 7. The Morgan fingerprint density at radius 2 is 1.65 bits per heavy atom. The number of hydrogen-bond donors (Lipinski definition) is 1. The Kier molecular flexibility index (Phi) is 8.50. The van der Waals surface area contributed by atoms with Crippen molar-refractivity contribution in [2.24, 2.45) is 0 Å². The third-order valence-corrected chi connectivity index (χ3v) is 8.33. The normalized spacial score (nSPS) is 15.4. The molecule has 1 N–H and O–H groups in total. The predicted molar refractivity (Wildman–Crippen MR) is 145 cm³/mol. The van der Waals surface area contributed by atoms with Crippen LogP contribution in [0.25, 0.3) is 0 Å². The monoisotopic (exact) mass is 569 g/mol. The van der Waals surface area contributed by atoms with Crippen LogP contribution in [-0.2, 0) is 30.8 Å². The minimum absolute atomic E-state index is 0.145. The van der Waals surface area contributed by atoms with Crippen molar-refractivity contribution in [3.63, 3.8) is 0 Å². The van der Waals surface area contributed by atoms with Gasteiger partial charge in [-0.3, -0.25) is 14.4 Å². The molecule has 3 aromatic carbocycles. The Bertz CT molecular complexity index is 1530. The zero-order chi connectivity index (χ0) is 29.0. The van der Waals surface area contributed by atoms with E-state index in [1.54, 1.807) is 18.2 Å². The van der Waals surface area contributed by atoms with Gasteiger partial charge in [0.1, 0.15) is 11.9 Å². The van der Waals surface area contributed by atoms with Crippen molar-refractivity contribution < 1.29 is 36.7 Å². The second-order valence-electron chi connectivity index (χ2n) is 9.02. The maximum Gasteiger partial charge on any atom is 0.252 e. The molecule has 40 heavy (non-hydrogen) atoms. The summed E-state index contributed by atoms with van der Waals surface area (Å²) in [6.07, 6.45) is -0.192. The van der Waals surface area contributed by atoms with Crippen LogP contribution < -0.4 is 19.7 Å². The lowest BCUT2D eigenvalue weighted by atomic mass is 10.1. The minimum atomic E-state index is -4.32. The number of amides is 3. The average Bonchev–Trinajstić information content (AvgIpc) is 3.22. The van der Waals surface area contributed by atoms with Crippen LogP contribution in [0.3, 0.4) is 0 Å². The number of anilines is 2. The highest BCUT2D eigenvalue weighted by Crippen LogP contribution is 2.32. The van der Waals surface area contributed by atoms with Gasteiger partial charge in [-0.15, -0.1) is 0 Å². The first-order chi connectivity index (χ1) is 19.0. The summed E-state index contributed by atoms with van der Waals surface area (Å²) in [4.78, 5) is 38.7. The van der Waals surface area contributed by atoms with Crippen LogP contribution in [0.1, 0.15) is 18.9 Å². The smallest absolute Gasteiger partial charge is 0.252 e. The SMILES string of the molecule is COc1ccc(CCN(C2CC(=O)N(c3ccc(NC(C)=O)cc3)C2=O)S(=O)(=O)c2ccc(F)cc2)cc1OC. The van der Waals surface area contributed by atoms with Gasteiger partial charge < -0.3 is 14.8 Å². The van der Waals surface area contributed by atoms with Gasteiger partial charge in [-0.2, -0.15) is 4.31 Å². The van der Waals surface area contributed by atoms with Gasteiger partial charge >= 0.3 is 0 Å². The van der Waals surface area contributed by atoms with Crippen molar-refractivity contribution in [1.82, 2.24) is 4.31 Å². The van der Waals surface area contributed by atoms with Crippen LogP contribution in [0.4, 0.5) is 15.8 Å². The van der Waals surface area contributed by atoms with E-state index in [2.05, 4.69) is 5.32 Å². The highest BCUT2D eigenvalue weighted by Gasteiger charge is 2.46. The summed E-state index contributed by atoms with van der Waals surface area (Å²) < 4.78 is 52.7. The fourth-order valence-corrected chi connectivity index (χ4v) is 6.05. The molecular weight excluding hydrogens is 541 g/mol. The Balaban J connectivity index is 1.66. The molecule has 1 atom stereocenters. The molecule has 1 aliphatic heterocycles. The fourth-order valence-electron chi connectivity index (χ4n) is 4.47. The third kappa shape index (κ3) is 5.97. The lowest BCUT2D eigenvalue weighted by Gasteiger charge is -2.27. The summed E-state index contributed by atoms with van der Waals surface area (Å²) in [6, 6.07) is 14.1. The molecule has 4 rings (SSSR count). The average molecular weight is 570 g/mol. The highest BCUT2D eigenvalue weighted by atomic mass is 32.2. The zero-order valence-electron chi connectivity index (χ0n) is 22.1. The Morgan fingerprint density at radius 1 is 1.00 bits per heavy atom. The number of ether oxygens (including phenoxy) is 2. The van der Waals surface area contributed by atoms with E-state index in [0.29, 0.717) is 22.7 Å². The number of imide groups is 1. The second-order valence-corrected chi connectivity index (χ2v) is 10.9. The van der Waals surface area contributed by atoms with E-state index < -0.39 is 33.7 Å². The van der Waals surface area contributed by atoms with Gasteiger partial charge in [0.2, 0.25) is 21.8 Å². The maximum atomic E-state index is 13.8. The van der Waals surface area contributed by atoms with Crippen LogP contribution >= 0.6 is 0 Å². The number of nitrogens with zero attached hydrogens (tertiary/aromatic N) is 2. The van der Waals surface area contributed by atoms with Gasteiger partial charge in [0.15, 0.2) is 11.5 Å². The van der Waals surface area contributed by atoms with Crippen molar-refractivity contribution >= 4 is 39.1 Å². The summed E-state index contributed by atoms with van der Waals surface area (Å²) in [5.41, 5.74) is 1.42. The number of benzene rings is 3. The van der Waals surface area contributed by atoms with Gasteiger partial charge in [0.05, 0.1) is 31.2 Å². The first-order valence-corrected chi connectivity index (χ1v) is 13.7. The van der Waals surface area contributed by atoms with Crippen molar-refractivity contribution in [3.05, 3.63) is 78.1 Å². The van der Waals surface area contributed by atoms with Gasteiger partial charge in [0, 0.05) is 19.2 Å². The van der Waals surface area contributed by atoms with E-state index in [1.807, 2.05) is 0 Å². The number of methoxy groups -OCH3 is 2. The topological polar surface area (TPSA) is 122 Å². The van der Waals surface area contributed by atoms with Crippen molar-refractivity contribution in [3.8, 4) is 11.5 Å². The lowest BCUT2D eigenvalue weighted by molar-refractivity contribution is -0.122. The van der Waals surface area contributed by atoms with E-state index in [4.69, 9.17) is 9.47 Å². The van der Waals surface area contributed by atoms with E-state index in [-0.39, 0.29) is 35.9 Å². The van der Waals surface area contributed by atoms with E-state index in [0.717, 1.165) is 33.5 Å². The third-order valence-electron chi connectivity index (χ3n) is 6.41. The van der Waals surface area contributed by atoms with Crippen LogP contribution in [0, 0.1) is 5.82 Å². The molecule has 10 nitrogen and oxygen atoms in total. The molecule has 0 saturated carbocycles. The summed E-state index contributed by atoms with van der Waals surface area (Å²) in [6.45, 7) is 1.21. The first kappa shape index (κ1) is 28.7. The number of carbonyl (C=O) groups excluding carboxylic acids is 3. The molecule has 12 heteroatoms. The number of sulfonamides is 1. The summed E-state index contributed by atoms with van der Waals surface area (Å²) >= 11 is 0. The van der Waals surface area contributed by atoms with Crippen LogP contribution in [0.5, 0.6) is 11.5 Å². The molecule has 1 fully saturated rings. The fraction of sp³-hybridized carbons (Fsp3) is 0.250. The molecule has 1 saturated heterocycles. The van der Waals surface area contributed by atoms with E-state index in [9.17, 15) is 27.2 Å². The first-order valence-electron chi connectivity index (χ1n) is 12.3. The largest absolute Gasteiger partial charge is 0.493 e. The summed E-state index contributed by atoms with van der Waals surface area (Å²) in [7, 11) is -1.34. The molecule has 0 aliphatic carbocycles. The molecule has 3 aromatic rings. The standard InChI is InChI=1S/C28H28FN3O7S/c1-18(33)30-21-7-9-22(10-8-21)32-27(34)17-24(28(32)35)31(40(36,37)23-11-5-20(29)6-12-23)15-14-19-4-13-25(38-2)26(16-19)39-3/h4-13,16,24H,14-15,17H2,1-3H3,(H,30,33). The Morgan fingerprint density at radius 3 is 2.25 bits per heavy atom. The highest BCUT2D eigenvalue weighted by molar-refractivity contribution is 7.89. The molecular formula is C28H28FN3O7S. The van der Waals surface area contributed by atoms with Crippen molar-refractivity contribution in [1.29, 1.82) is 0 Å². The second kappa shape index (κ2) is 11.8. The number of nitrogens with one attached hydrogen (secondary N) is 1. The Labute approximate surface area is 231 Å². The van der Waals surface area contributed by atoms with Crippen molar-refractivity contribution in [2.45, 2.75) is 30.7 Å². The van der Waals surface area contributed by atoms with E-state index >= 15 is 0 Å². The number of rotatable bonds is 10. The number of carbonyl (C=O) groups is 3. The molecule has 0 spiro atoms. The molecule has 1 unspecified atom stereocenters. The lowest BCUT2D eigenvalue weighted by Crippen LogP contribution is -2.46. The summed E-state index contributed by atoms with van der Waals surface area (Å²) in [5.74, 6) is -1.23. The maximum absolute atomic E-state index is 13.8. The van der Waals surface area contributed by atoms with Crippen LogP contribution in [0.15, 0.2) is 71.6 Å². The van der Waals surface area contributed by atoms with Crippen LogP contribution in [0.2, 0.25) is 0 Å². The predicted octanol–water partition coefficient (Wildman–Crippen LogP) is 3.37. The molecule has 210 valence electrons. The molecule has 0 radical (unpaired) electrons.